The van der Waals surface area contributed by atoms with Gasteiger partial charge in [-0.3, -0.25) is 4.90 Å². The fraction of sp³-hybridized carbons (Fsp3) is 0.625. The summed E-state index contributed by atoms with van der Waals surface area (Å²) in [7, 11) is 0. The van der Waals surface area contributed by atoms with Gasteiger partial charge in [-0.15, -0.1) is 0 Å². The van der Waals surface area contributed by atoms with Crippen molar-refractivity contribution in [1.82, 2.24) is 10.2 Å². The van der Waals surface area contributed by atoms with Crippen LogP contribution in [0.2, 0.25) is 5.02 Å². The lowest BCUT2D eigenvalue weighted by molar-refractivity contribution is 0.112. The first kappa shape index (κ1) is 13.4. The van der Waals surface area contributed by atoms with Crippen LogP contribution in [0.3, 0.4) is 0 Å². The second-order valence-corrected chi connectivity index (χ2v) is 6.34. The zero-order valence-corrected chi connectivity index (χ0v) is 12.4. The van der Waals surface area contributed by atoms with Crippen LogP contribution in [-0.2, 0) is 6.54 Å². The van der Waals surface area contributed by atoms with E-state index in [1.54, 1.807) is 0 Å². The van der Waals surface area contributed by atoms with Crippen molar-refractivity contribution in [1.29, 1.82) is 0 Å². The van der Waals surface area contributed by atoms with Crippen molar-refractivity contribution >= 4 is 11.6 Å². The van der Waals surface area contributed by atoms with E-state index in [9.17, 15) is 0 Å². The quantitative estimate of drug-likeness (QED) is 0.909. The van der Waals surface area contributed by atoms with Gasteiger partial charge in [0.1, 0.15) is 0 Å². The predicted molar refractivity (Wildman–Crippen MR) is 80.5 cm³/mol. The molecule has 1 saturated heterocycles. The van der Waals surface area contributed by atoms with Crippen molar-refractivity contribution in [2.75, 3.05) is 13.1 Å². The van der Waals surface area contributed by atoms with Gasteiger partial charge in [-0.2, -0.15) is 0 Å². The fourth-order valence-corrected chi connectivity index (χ4v) is 3.33. The molecule has 0 radical (unpaired) electrons. The fourth-order valence-electron chi connectivity index (χ4n) is 3.14. The summed E-state index contributed by atoms with van der Waals surface area (Å²) in [5, 5.41) is 4.64. The molecule has 19 heavy (non-hydrogen) atoms. The Bertz CT molecular complexity index is 431. The second kappa shape index (κ2) is 5.82. The molecule has 3 rings (SSSR count). The molecule has 1 N–H and O–H groups in total. The summed E-state index contributed by atoms with van der Waals surface area (Å²) in [4.78, 5) is 2.63. The van der Waals surface area contributed by atoms with Gasteiger partial charge < -0.3 is 5.32 Å². The minimum absolute atomic E-state index is 0.645. The van der Waals surface area contributed by atoms with Crippen LogP contribution in [0, 0.1) is 5.92 Å². The molecule has 1 saturated carbocycles. The number of hydrogen-bond donors (Lipinski definition) is 1. The van der Waals surface area contributed by atoms with E-state index < -0.39 is 0 Å². The Balaban J connectivity index is 1.70. The smallest absolute Gasteiger partial charge is 0.0451 e. The van der Waals surface area contributed by atoms with Gasteiger partial charge in [0, 0.05) is 36.7 Å². The predicted octanol–water partition coefficient (Wildman–Crippen LogP) is 3.30. The van der Waals surface area contributed by atoms with Crippen LogP contribution in [0.15, 0.2) is 24.3 Å². The standard InChI is InChI=1S/C16H23ClN2/c1-2-14-9-18-16(12-7-8-12)11-19(14)10-13-5-3-4-6-15(13)17/h3-6,12,14,16,18H,2,7-11H2,1H3. The Labute approximate surface area is 121 Å². The van der Waals surface area contributed by atoms with Crippen molar-refractivity contribution in [3.63, 3.8) is 0 Å². The van der Waals surface area contributed by atoms with Gasteiger partial charge in [0.15, 0.2) is 0 Å². The first-order valence-electron chi connectivity index (χ1n) is 7.48. The van der Waals surface area contributed by atoms with E-state index >= 15 is 0 Å². The Kier molecular flexibility index (Phi) is 4.11. The third-order valence-corrected chi connectivity index (χ3v) is 4.93. The van der Waals surface area contributed by atoms with Crippen LogP contribution in [0.5, 0.6) is 0 Å². The molecule has 0 bridgehead atoms. The zero-order valence-electron chi connectivity index (χ0n) is 11.6. The Hall–Kier alpha value is -0.570. The van der Waals surface area contributed by atoms with Gasteiger partial charge in [-0.1, -0.05) is 36.7 Å². The largest absolute Gasteiger partial charge is 0.311 e. The van der Waals surface area contributed by atoms with Crippen LogP contribution in [0.4, 0.5) is 0 Å². The summed E-state index contributed by atoms with van der Waals surface area (Å²) in [6, 6.07) is 9.59. The molecule has 1 aromatic carbocycles. The maximum absolute atomic E-state index is 6.30. The van der Waals surface area contributed by atoms with Crippen molar-refractivity contribution in [3.8, 4) is 0 Å². The van der Waals surface area contributed by atoms with E-state index in [4.69, 9.17) is 11.6 Å². The highest BCUT2D eigenvalue weighted by atomic mass is 35.5. The molecule has 104 valence electrons. The third-order valence-electron chi connectivity index (χ3n) is 4.56. The van der Waals surface area contributed by atoms with Crippen LogP contribution in [-0.4, -0.2) is 30.1 Å². The molecule has 0 spiro atoms. The highest BCUT2D eigenvalue weighted by molar-refractivity contribution is 6.31. The zero-order chi connectivity index (χ0) is 13.2. The first-order chi connectivity index (χ1) is 9.28. The van der Waals surface area contributed by atoms with Crippen LogP contribution in [0.1, 0.15) is 31.7 Å². The highest BCUT2D eigenvalue weighted by Gasteiger charge is 2.36. The SMILES string of the molecule is CCC1CNC(C2CC2)CN1Cc1ccccc1Cl. The molecule has 0 amide bonds. The van der Waals surface area contributed by atoms with E-state index in [2.05, 4.69) is 29.3 Å². The Morgan fingerprint density at radius 1 is 1.32 bits per heavy atom. The number of nitrogens with one attached hydrogen (secondary N) is 1. The lowest BCUT2D eigenvalue weighted by atomic mass is 10.0. The average Bonchev–Trinajstić information content (AvgIpc) is 3.26. The van der Waals surface area contributed by atoms with E-state index in [0.717, 1.165) is 24.0 Å². The monoisotopic (exact) mass is 278 g/mol. The van der Waals surface area contributed by atoms with E-state index in [1.165, 1.54) is 31.4 Å². The minimum Gasteiger partial charge on any atom is -0.311 e. The lowest BCUT2D eigenvalue weighted by Crippen LogP contribution is -2.56. The van der Waals surface area contributed by atoms with E-state index in [1.807, 2.05) is 12.1 Å². The molecule has 3 heteroatoms. The van der Waals surface area contributed by atoms with Gasteiger partial charge in [0.25, 0.3) is 0 Å². The van der Waals surface area contributed by atoms with Crippen molar-refractivity contribution in [3.05, 3.63) is 34.9 Å². The minimum atomic E-state index is 0.645. The maximum Gasteiger partial charge on any atom is 0.0451 e. The first-order valence-corrected chi connectivity index (χ1v) is 7.86. The summed E-state index contributed by atoms with van der Waals surface area (Å²) < 4.78 is 0. The summed E-state index contributed by atoms with van der Waals surface area (Å²) in [6.07, 6.45) is 4.03. The molecular formula is C16H23ClN2. The number of hydrogen-bond acceptors (Lipinski definition) is 2. The number of benzene rings is 1. The molecular weight excluding hydrogens is 256 g/mol. The third kappa shape index (κ3) is 3.13. The lowest BCUT2D eigenvalue weighted by Gasteiger charge is -2.40. The summed E-state index contributed by atoms with van der Waals surface area (Å²) >= 11 is 6.30. The van der Waals surface area contributed by atoms with Crippen LogP contribution < -0.4 is 5.32 Å². The summed E-state index contributed by atoms with van der Waals surface area (Å²) in [5.74, 6) is 0.923. The normalized spacial score (nSPS) is 28.5. The van der Waals surface area contributed by atoms with Gasteiger partial charge in [-0.05, 0) is 36.8 Å². The van der Waals surface area contributed by atoms with Crippen molar-refractivity contribution in [2.45, 2.75) is 44.8 Å². The van der Waals surface area contributed by atoms with Gasteiger partial charge in [-0.25, -0.2) is 0 Å². The number of piperazine rings is 1. The average molecular weight is 279 g/mol. The molecule has 1 aliphatic heterocycles. The van der Waals surface area contributed by atoms with Crippen LogP contribution >= 0.6 is 11.6 Å². The topological polar surface area (TPSA) is 15.3 Å². The molecule has 2 aliphatic rings. The van der Waals surface area contributed by atoms with Gasteiger partial charge >= 0.3 is 0 Å². The van der Waals surface area contributed by atoms with E-state index in [0.29, 0.717) is 12.1 Å². The number of rotatable bonds is 4. The Morgan fingerprint density at radius 3 is 2.79 bits per heavy atom. The summed E-state index contributed by atoms with van der Waals surface area (Å²) in [6.45, 7) is 5.57. The van der Waals surface area contributed by atoms with E-state index in [-0.39, 0.29) is 0 Å². The number of halogens is 1. The molecule has 2 fully saturated rings. The molecule has 2 nitrogen and oxygen atoms in total. The molecule has 1 heterocycles. The van der Waals surface area contributed by atoms with Crippen molar-refractivity contribution in [2.24, 2.45) is 5.92 Å². The van der Waals surface area contributed by atoms with Gasteiger partial charge in [0.05, 0.1) is 0 Å². The summed E-state index contributed by atoms with van der Waals surface area (Å²) in [5.41, 5.74) is 1.26. The molecule has 1 aromatic rings. The van der Waals surface area contributed by atoms with Gasteiger partial charge in [0.2, 0.25) is 0 Å². The maximum atomic E-state index is 6.30. The molecule has 1 aliphatic carbocycles. The van der Waals surface area contributed by atoms with Crippen LogP contribution in [0.25, 0.3) is 0 Å². The molecule has 2 atom stereocenters. The van der Waals surface area contributed by atoms with Crippen molar-refractivity contribution < 1.29 is 0 Å². The highest BCUT2D eigenvalue weighted by Crippen LogP contribution is 2.35. The Morgan fingerprint density at radius 2 is 2.11 bits per heavy atom. The molecule has 2 unspecified atom stereocenters. The molecule has 0 aromatic heterocycles. The second-order valence-electron chi connectivity index (χ2n) is 5.94. The number of nitrogens with zero attached hydrogens (tertiary/aromatic N) is 1.